The van der Waals surface area contributed by atoms with Crippen LogP contribution in [0.4, 0.5) is 0 Å². The maximum Gasteiger partial charge on any atom is 0.142 e. The molecule has 2 aliphatic rings. The first-order chi connectivity index (χ1) is 7.95. The topological polar surface area (TPSA) is 21.6 Å². The molecule has 0 bridgehead atoms. The zero-order valence-electron chi connectivity index (χ0n) is 9.48. The lowest BCUT2D eigenvalue weighted by atomic mass is 9.82. The van der Waals surface area contributed by atoms with Crippen LogP contribution in [0.25, 0.3) is 0 Å². The van der Waals surface area contributed by atoms with Crippen LogP contribution in [0.2, 0.25) is 0 Å². The van der Waals surface area contributed by atoms with E-state index >= 15 is 0 Å². The Balaban J connectivity index is 1.92. The van der Waals surface area contributed by atoms with E-state index in [0.29, 0.717) is 12.5 Å². The molecule has 3 rings (SSSR count). The lowest BCUT2D eigenvalue weighted by molar-refractivity contribution is 0.123. The summed E-state index contributed by atoms with van der Waals surface area (Å²) in [5, 5.41) is 4.31. The molecule has 1 aliphatic carbocycles. The lowest BCUT2D eigenvalue weighted by Gasteiger charge is -2.26. The molecule has 1 heterocycles. The van der Waals surface area contributed by atoms with Gasteiger partial charge in [0, 0.05) is 17.0 Å². The van der Waals surface area contributed by atoms with Crippen LogP contribution >= 0.6 is 0 Å². The number of rotatable bonds is 1. The number of hydrogen-bond donors (Lipinski definition) is 0. The van der Waals surface area contributed by atoms with Gasteiger partial charge in [0.2, 0.25) is 0 Å². The highest BCUT2D eigenvalue weighted by Gasteiger charge is 2.25. The minimum atomic E-state index is 0.621. The van der Waals surface area contributed by atoms with Crippen LogP contribution in [0.15, 0.2) is 29.4 Å². The first kappa shape index (κ1) is 9.88. The summed E-state index contributed by atoms with van der Waals surface area (Å²) in [4.78, 5) is 5.35. The standard InChI is InChI=1S/C14H17NO/c1-2-6-11(7-3-1)14-13-9-5-4-8-12(13)10-16-15-14/h4-5,8-9,11H,1-3,6-7,10H2. The van der Waals surface area contributed by atoms with Crippen molar-refractivity contribution in [1.82, 2.24) is 0 Å². The third-order valence-electron chi connectivity index (χ3n) is 3.67. The predicted molar refractivity (Wildman–Crippen MR) is 64.3 cm³/mol. The normalized spacial score (nSPS) is 20.9. The molecule has 0 aromatic heterocycles. The summed E-state index contributed by atoms with van der Waals surface area (Å²) in [6.45, 7) is 0.631. The molecule has 1 aromatic rings. The van der Waals surface area contributed by atoms with Crippen LogP contribution in [-0.2, 0) is 11.4 Å². The molecular weight excluding hydrogens is 198 g/mol. The fourth-order valence-corrected chi connectivity index (χ4v) is 2.79. The van der Waals surface area contributed by atoms with Gasteiger partial charge >= 0.3 is 0 Å². The number of benzene rings is 1. The van der Waals surface area contributed by atoms with E-state index in [0.717, 1.165) is 0 Å². The Morgan fingerprint density at radius 1 is 1.06 bits per heavy atom. The summed E-state index contributed by atoms with van der Waals surface area (Å²) < 4.78 is 0. The maximum absolute atomic E-state index is 5.35. The Labute approximate surface area is 96.3 Å². The summed E-state index contributed by atoms with van der Waals surface area (Å²) in [7, 11) is 0. The monoisotopic (exact) mass is 215 g/mol. The van der Waals surface area contributed by atoms with Gasteiger partial charge in [0.1, 0.15) is 6.61 Å². The number of hydrogen-bond acceptors (Lipinski definition) is 2. The van der Waals surface area contributed by atoms with E-state index < -0.39 is 0 Å². The molecule has 0 atom stereocenters. The van der Waals surface area contributed by atoms with Crippen molar-refractivity contribution in [2.75, 3.05) is 0 Å². The Bertz CT molecular complexity index is 405. The fraction of sp³-hybridized carbons (Fsp3) is 0.500. The molecule has 16 heavy (non-hydrogen) atoms. The quantitative estimate of drug-likeness (QED) is 0.702. The SMILES string of the molecule is c1ccc2c(c1)CON=C2C1CCCCC1. The largest absolute Gasteiger partial charge is 0.391 e. The van der Waals surface area contributed by atoms with Crippen molar-refractivity contribution in [2.45, 2.75) is 38.7 Å². The molecule has 1 aliphatic heterocycles. The van der Waals surface area contributed by atoms with Gasteiger partial charge in [-0.1, -0.05) is 48.7 Å². The van der Waals surface area contributed by atoms with Gasteiger partial charge in [-0.25, -0.2) is 0 Å². The number of nitrogens with zero attached hydrogens (tertiary/aromatic N) is 1. The van der Waals surface area contributed by atoms with Gasteiger partial charge in [-0.05, 0) is 12.8 Å². The predicted octanol–water partition coefficient (Wildman–Crippen LogP) is 3.50. The van der Waals surface area contributed by atoms with Crippen molar-refractivity contribution in [3.05, 3.63) is 35.4 Å². The van der Waals surface area contributed by atoms with E-state index in [9.17, 15) is 0 Å². The smallest absolute Gasteiger partial charge is 0.142 e. The highest BCUT2D eigenvalue weighted by Crippen LogP contribution is 2.30. The highest BCUT2D eigenvalue weighted by atomic mass is 16.6. The maximum atomic E-state index is 5.35. The molecule has 0 N–H and O–H groups in total. The van der Waals surface area contributed by atoms with Gasteiger partial charge in [0.05, 0.1) is 5.71 Å². The minimum absolute atomic E-state index is 0.621. The second-order valence-corrected chi connectivity index (χ2v) is 4.74. The summed E-state index contributed by atoms with van der Waals surface area (Å²) in [6, 6.07) is 8.51. The van der Waals surface area contributed by atoms with Crippen LogP contribution < -0.4 is 0 Å². The lowest BCUT2D eigenvalue weighted by Crippen LogP contribution is -2.23. The summed E-state index contributed by atoms with van der Waals surface area (Å²) >= 11 is 0. The molecule has 0 radical (unpaired) electrons. The molecule has 0 saturated heterocycles. The molecule has 1 aromatic carbocycles. The van der Waals surface area contributed by atoms with Crippen LogP contribution in [0.3, 0.4) is 0 Å². The third-order valence-corrected chi connectivity index (χ3v) is 3.67. The van der Waals surface area contributed by atoms with E-state index in [-0.39, 0.29) is 0 Å². The van der Waals surface area contributed by atoms with Crippen molar-refractivity contribution in [2.24, 2.45) is 11.1 Å². The van der Waals surface area contributed by atoms with E-state index in [1.807, 2.05) is 0 Å². The zero-order chi connectivity index (χ0) is 10.8. The van der Waals surface area contributed by atoms with Crippen molar-refractivity contribution in [3.63, 3.8) is 0 Å². The second kappa shape index (κ2) is 4.28. The Morgan fingerprint density at radius 3 is 2.75 bits per heavy atom. The fourth-order valence-electron chi connectivity index (χ4n) is 2.79. The second-order valence-electron chi connectivity index (χ2n) is 4.74. The van der Waals surface area contributed by atoms with Gasteiger partial charge in [0.25, 0.3) is 0 Å². The summed E-state index contributed by atoms with van der Waals surface area (Å²) in [6.07, 6.45) is 6.61. The Morgan fingerprint density at radius 2 is 1.88 bits per heavy atom. The van der Waals surface area contributed by atoms with E-state index in [4.69, 9.17) is 4.84 Å². The minimum Gasteiger partial charge on any atom is -0.391 e. The molecule has 84 valence electrons. The molecule has 0 unspecified atom stereocenters. The van der Waals surface area contributed by atoms with Crippen molar-refractivity contribution in [3.8, 4) is 0 Å². The van der Waals surface area contributed by atoms with Crippen molar-refractivity contribution >= 4 is 5.71 Å². The molecule has 0 spiro atoms. The molecule has 2 nitrogen and oxygen atoms in total. The molecule has 1 saturated carbocycles. The molecular formula is C14H17NO. The van der Waals surface area contributed by atoms with Crippen LogP contribution in [0.1, 0.15) is 43.2 Å². The van der Waals surface area contributed by atoms with Crippen LogP contribution in [0.5, 0.6) is 0 Å². The van der Waals surface area contributed by atoms with Gasteiger partial charge in [0.15, 0.2) is 0 Å². The summed E-state index contributed by atoms with van der Waals surface area (Å²) in [5.41, 5.74) is 3.81. The van der Waals surface area contributed by atoms with Crippen molar-refractivity contribution in [1.29, 1.82) is 0 Å². The van der Waals surface area contributed by atoms with Gasteiger partial charge in [-0.15, -0.1) is 0 Å². The molecule has 1 fully saturated rings. The van der Waals surface area contributed by atoms with E-state index in [1.54, 1.807) is 0 Å². The van der Waals surface area contributed by atoms with Gasteiger partial charge in [-0.2, -0.15) is 0 Å². The van der Waals surface area contributed by atoms with Crippen molar-refractivity contribution < 1.29 is 4.84 Å². The van der Waals surface area contributed by atoms with Crippen LogP contribution in [-0.4, -0.2) is 5.71 Å². The third kappa shape index (κ3) is 1.73. The number of fused-ring (bicyclic) bond motifs is 1. The molecule has 2 heteroatoms. The van der Waals surface area contributed by atoms with Crippen LogP contribution in [0, 0.1) is 5.92 Å². The first-order valence-electron chi connectivity index (χ1n) is 6.23. The Kier molecular flexibility index (Phi) is 2.65. The molecule has 0 amide bonds. The van der Waals surface area contributed by atoms with E-state index in [1.165, 1.54) is 48.9 Å². The average Bonchev–Trinajstić information content (AvgIpc) is 2.39. The summed E-state index contributed by atoms with van der Waals surface area (Å²) in [5.74, 6) is 0.621. The zero-order valence-corrected chi connectivity index (χ0v) is 9.48. The van der Waals surface area contributed by atoms with Gasteiger partial charge in [-0.3, -0.25) is 0 Å². The Hall–Kier alpha value is -1.31. The average molecular weight is 215 g/mol. The van der Waals surface area contributed by atoms with Gasteiger partial charge < -0.3 is 4.84 Å². The number of oxime groups is 1. The highest BCUT2D eigenvalue weighted by molar-refractivity contribution is 6.03. The first-order valence-corrected chi connectivity index (χ1v) is 6.23. The van der Waals surface area contributed by atoms with E-state index in [2.05, 4.69) is 29.4 Å².